The molecule has 32 heavy (non-hydrogen) atoms. The molecule has 0 spiro atoms. The van der Waals surface area contributed by atoms with E-state index in [4.69, 9.17) is 15.7 Å². The molecule has 2 aromatic carbocycles. The van der Waals surface area contributed by atoms with Gasteiger partial charge in [-0.1, -0.05) is 60.6 Å². The Balaban J connectivity index is 1.77. The molecule has 0 amide bonds. The fraction of sp³-hybridized carbons (Fsp3) is 0.292. The van der Waals surface area contributed by atoms with Crippen LogP contribution in [0.25, 0.3) is 11.1 Å². The first-order valence-electron chi connectivity index (χ1n) is 10.6. The van der Waals surface area contributed by atoms with Crippen LogP contribution in [0.15, 0.2) is 59.9 Å². The van der Waals surface area contributed by atoms with Crippen LogP contribution < -0.4 is 11.1 Å². The Bertz CT molecular complexity index is 1090. The number of nitrogens with zero attached hydrogens (tertiary/aromatic N) is 3. The van der Waals surface area contributed by atoms with E-state index in [1.807, 2.05) is 36.4 Å². The summed E-state index contributed by atoms with van der Waals surface area (Å²) < 4.78 is 6.79. The summed E-state index contributed by atoms with van der Waals surface area (Å²) >= 11 is 0. The molecular weight excluding hydrogens is 406 g/mol. The van der Waals surface area contributed by atoms with E-state index in [9.17, 15) is 4.79 Å². The molecule has 1 heterocycles. The molecular formula is C24H29N5O3. The summed E-state index contributed by atoms with van der Waals surface area (Å²) in [6.07, 6.45) is 3.16. The Morgan fingerprint density at radius 1 is 1.19 bits per heavy atom. The number of oxime groups is 1. The zero-order valence-electron chi connectivity index (χ0n) is 18.6. The van der Waals surface area contributed by atoms with E-state index in [2.05, 4.69) is 34.6 Å². The van der Waals surface area contributed by atoms with Crippen LogP contribution in [0.2, 0.25) is 0 Å². The van der Waals surface area contributed by atoms with Crippen LogP contribution in [0.4, 0.5) is 5.82 Å². The maximum Gasteiger partial charge on any atom is 0.343 e. The lowest BCUT2D eigenvalue weighted by molar-refractivity contribution is 0.0527. The zero-order chi connectivity index (χ0) is 23.1. The van der Waals surface area contributed by atoms with Crippen molar-refractivity contribution in [3.05, 3.63) is 71.4 Å². The minimum atomic E-state index is -0.383. The Labute approximate surface area is 187 Å². The average Bonchev–Trinajstić information content (AvgIpc) is 3.18. The van der Waals surface area contributed by atoms with Crippen LogP contribution >= 0.6 is 0 Å². The first-order chi connectivity index (χ1) is 15.5. The van der Waals surface area contributed by atoms with Gasteiger partial charge in [0.2, 0.25) is 0 Å². The van der Waals surface area contributed by atoms with E-state index < -0.39 is 0 Å². The van der Waals surface area contributed by atoms with Gasteiger partial charge in [0.15, 0.2) is 5.84 Å². The van der Waals surface area contributed by atoms with E-state index in [0.29, 0.717) is 23.6 Å². The van der Waals surface area contributed by atoms with Crippen LogP contribution in [0.3, 0.4) is 0 Å². The van der Waals surface area contributed by atoms with Gasteiger partial charge in [-0.3, -0.25) is 4.68 Å². The van der Waals surface area contributed by atoms with E-state index in [-0.39, 0.29) is 17.8 Å². The molecule has 3 aromatic rings. The minimum Gasteiger partial charge on any atom is -0.462 e. The Morgan fingerprint density at radius 3 is 2.56 bits per heavy atom. The van der Waals surface area contributed by atoms with Gasteiger partial charge in [-0.25, -0.2) is 4.79 Å². The van der Waals surface area contributed by atoms with Crippen molar-refractivity contribution < 1.29 is 14.7 Å². The van der Waals surface area contributed by atoms with Crippen LogP contribution in [0.1, 0.15) is 41.8 Å². The first-order valence-corrected chi connectivity index (χ1v) is 10.6. The molecule has 0 fully saturated rings. The molecule has 0 saturated heterocycles. The predicted molar refractivity (Wildman–Crippen MR) is 125 cm³/mol. The third-order valence-corrected chi connectivity index (χ3v) is 5.33. The standard InChI is InChI=1S/C24H29N5O3/c1-4-18(27-23-21(15-26-29(23)3)24(30)32-5-2)14-16-10-12-17(13-11-16)19-8-6-7-9-20(19)22(25)28-31/h6-13,15,18,27,31H,4-5,14H2,1-3H3,(H2,25,28). The topological polar surface area (TPSA) is 115 Å². The van der Waals surface area contributed by atoms with E-state index in [1.165, 1.54) is 6.20 Å². The lowest BCUT2D eigenvalue weighted by atomic mass is 9.96. The number of amidine groups is 1. The highest BCUT2D eigenvalue weighted by Crippen LogP contribution is 2.25. The van der Waals surface area contributed by atoms with Crippen molar-refractivity contribution in [2.24, 2.45) is 17.9 Å². The predicted octanol–water partition coefficient (Wildman–Crippen LogP) is 3.79. The molecule has 3 rings (SSSR count). The highest BCUT2D eigenvalue weighted by atomic mass is 16.5. The van der Waals surface area contributed by atoms with Crippen molar-refractivity contribution in [2.75, 3.05) is 11.9 Å². The Kier molecular flexibility index (Phi) is 7.49. The number of ether oxygens (including phenoxy) is 1. The zero-order valence-corrected chi connectivity index (χ0v) is 18.6. The largest absolute Gasteiger partial charge is 0.462 e. The quantitative estimate of drug-likeness (QED) is 0.155. The van der Waals surface area contributed by atoms with Crippen LogP contribution in [-0.4, -0.2) is 39.4 Å². The van der Waals surface area contributed by atoms with E-state index in [1.54, 1.807) is 18.7 Å². The summed E-state index contributed by atoms with van der Waals surface area (Å²) in [6, 6.07) is 15.8. The van der Waals surface area contributed by atoms with Crippen LogP contribution in [-0.2, 0) is 18.2 Å². The number of carbonyl (C=O) groups is 1. The lowest BCUT2D eigenvalue weighted by Crippen LogP contribution is -2.24. The highest BCUT2D eigenvalue weighted by molar-refractivity contribution is 6.03. The second kappa shape index (κ2) is 10.5. The molecule has 168 valence electrons. The molecule has 0 saturated carbocycles. The molecule has 8 heteroatoms. The van der Waals surface area contributed by atoms with Gasteiger partial charge in [0, 0.05) is 18.7 Å². The van der Waals surface area contributed by atoms with Crippen molar-refractivity contribution in [3.8, 4) is 11.1 Å². The van der Waals surface area contributed by atoms with Gasteiger partial charge in [0.05, 0.1) is 12.8 Å². The number of carbonyl (C=O) groups excluding carboxylic acids is 1. The summed E-state index contributed by atoms with van der Waals surface area (Å²) in [4.78, 5) is 12.2. The van der Waals surface area contributed by atoms with Gasteiger partial charge in [-0.15, -0.1) is 0 Å². The van der Waals surface area contributed by atoms with Gasteiger partial charge in [-0.05, 0) is 36.5 Å². The molecule has 8 nitrogen and oxygen atoms in total. The number of hydrogen-bond donors (Lipinski definition) is 3. The fourth-order valence-electron chi connectivity index (χ4n) is 3.57. The molecule has 1 atom stereocenters. The first kappa shape index (κ1) is 22.9. The number of nitrogens with one attached hydrogen (secondary N) is 1. The van der Waals surface area contributed by atoms with Gasteiger partial charge in [0.25, 0.3) is 0 Å². The number of nitrogens with two attached hydrogens (primary N) is 1. The molecule has 0 aliphatic rings. The number of benzene rings is 2. The number of hydrogen-bond acceptors (Lipinski definition) is 6. The average molecular weight is 436 g/mol. The molecule has 1 aromatic heterocycles. The van der Waals surface area contributed by atoms with Gasteiger partial charge in [0.1, 0.15) is 11.4 Å². The van der Waals surface area contributed by atoms with Gasteiger partial charge >= 0.3 is 5.97 Å². The normalized spacial score (nSPS) is 12.4. The molecule has 0 radical (unpaired) electrons. The molecule has 0 aliphatic carbocycles. The maximum atomic E-state index is 12.2. The number of esters is 1. The van der Waals surface area contributed by atoms with E-state index >= 15 is 0 Å². The fourth-order valence-corrected chi connectivity index (χ4v) is 3.57. The summed E-state index contributed by atoms with van der Waals surface area (Å²) in [7, 11) is 1.80. The molecule has 4 N–H and O–H groups in total. The van der Waals surface area contributed by atoms with Crippen molar-refractivity contribution in [3.63, 3.8) is 0 Å². The summed E-state index contributed by atoms with van der Waals surface area (Å²) in [6.45, 7) is 4.19. The SMILES string of the molecule is CCOC(=O)c1cnn(C)c1NC(CC)Cc1ccc(-c2ccccc2C(N)=NO)cc1. The number of aromatic nitrogens is 2. The van der Waals surface area contributed by atoms with E-state index in [0.717, 1.165) is 29.5 Å². The van der Waals surface area contributed by atoms with Crippen LogP contribution in [0.5, 0.6) is 0 Å². The minimum absolute atomic E-state index is 0.0773. The van der Waals surface area contributed by atoms with Crippen molar-refractivity contribution in [1.29, 1.82) is 0 Å². The summed E-state index contributed by atoms with van der Waals surface area (Å²) in [5.74, 6) is 0.347. The second-order valence-electron chi connectivity index (χ2n) is 7.43. The smallest absolute Gasteiger partial charge is 0.343 e. The third kappa shape index (κ3) is 5.08. The summed E-state index contributed by atoms with van der Waals surface area (Å²) in [5.41, 5.74) is 9.96. The number of anilines is 1. The second-order valence-corrected chi connectivity index (χ2v) is 7.43. The molecule has 0 aliphatic heterocycles. The number of aryl methyl sites for hydroxylation is 1. The highest BCUT2D eigenvalue weighted by Gasteiger charge is 2.20. The summed E-state index contributed by atoms with van der Waals surface area (Å²) in [5, 5.41) is 19.8. The van der Waals surface area contributed by atoms with Gasteiger partial charge in [-0.2, -0.15) is 5.10 Å². The van der Waals surface area contributed by atoms with Crippen molar-refractivity contribution >= 4 is 17.6 Å². The van der Waals surface area contributed by atoms with Crippen molar-refractivity contribution in [1.82, 2.24) is 9.78 Å². The van der Waals surface area contributed by atoms with Gasteiger partial charge < -0.3 is 21.0 Å². The lowest BCUT2D eigenvalue weighted by Gasteiger charge is -2.19. The monoisotopic (exact) mass is 435 g/mol. The third-order valence-electron chi connectivity index (χ3n) is 5.33. The Morgan fingerprint density at radius 2 is 1.91 bits per heavy atom. The number of rotatable bonds is 9. The molecule has 1 unspecified atom stereocenters. The Hall–Kier alpha value is -3.81. The molecule has 0 bridgehead atoms. The van der Waals surface area contributed by atoms with Crippen molar-refractivity contribution in [2.45, 2.75) is 32.7 Å². The maximum absolute atomic E-state index is 12.2. The van der Waals surface area contributed by atoms with Crippen LogP contribution in [0, 0.1) is 0 Å².